The summed E-state index contributed by atoms with van der Waals surface area (Å²) in [6.45, 7) is 1.03. The van der Waals surface area contributed by atoms with Crippen LogP contribution in [0.5, 0.6) is 5.75 Å². The summed E-state index contributed by atoms with van der Waals surface area (Å²) in [5.74, 6) is 0.216. The molecule has 0 aliphatic carbocycles. The van der Waals surface area contributed by atoms with Gasteiger partial charge in [-0.05, 0) is 30.5 Å². The first-order chi connectivity index (χ1) is 9.28. The van der Waals surface area contributed by atoms with Gasteiger partial charge >= 0.3 is 5.97 Å². The topological polar surface area (TPSA) is 70.8 Å². The minimum absolute atomic E-state index is 0.109. The van der Waals surface area contributed by atoms with Crippen LogP contribution in [0.2, 0.25) is 0 Å². The zero-order chi connectivity index (χ0) is 13.5. The van der Waals surface area contributed by atoms with Crippen molar-refractivity contribution in [3.8, 4) is 5.75 Å². The Morgan fingerprint density at radius 1 is 1.32 bits per heavy atom. The van der Waals surface area contributed by atoms with E-state index in [9.17, 15) is 4.79 Å². The first-order valence-corrected chi connectivity index (χ1v) is 6.51. The molecule has 1 saturated heterocycles. The molecule has 2 rings (SSSR count). The summed E-state index contributed by atoms with van der Waals surface area (Å²) >= 11 is 0. The first-order valence-electron chi connectivity index (χ1n) is 6.51. The van der Waals surface area contributed by atoms with Gasteiger partial charge in [-0.1, -0.05) is 12.1 Å². The van der Waals surface area contributed by atoms with E-state index in [1.54, 1.807) is 12.1 Å². The molecule has 0 aromatic heterocycles. The van der Waals surface area contributed by atoms with Crippen LogP contribution in [0, 0.1) is 0 Å². The molecule has 1 aromatic rings. The van der Waals surface area contributed by atoms with Gasteiger partial charge in [0.25, 0.3) is 0 Å². The Morgan fingerprint density at radius 3 is 2.74 bits per heavy atom. The van der Waals surface area contributed by atoms with Crippen molar-refractivity contribution >= 4 is 5.97 Å². The molecule has 1 atom stereocenters. The molecular formula is C14H19NO4. The maximum Gasteiger partial charge on any atom is 0.346 e. The molecule has 0 amide bonds. The number of benzene rings is 1. The normalized spacial score (nSPS) is 18.9. The van der Waals surface area contributed by atoms with Crippen LogP contribution in [-0.2, 0) is 20.8 Å². The highest BCUT2D eigenvalue weighted by atomic mass is 16.7. The monoisotopic (exact) mass is 265 g/mol. The van der Waals surface area contributed by atoms with Gasteiger partial charge in [0, 0.05) is 13.0 Å². The zero-order valence-electron chi connectivity index (χ0n) is 10.8. The van der Waals surface area contributed by atoms with E-state index >= 15 is 0 Å². The van der Waals surface area contributed by atoms with E-state index in [0.717, 1.165) is 24.8 Å². The molecular weight excluding hydrogens is 246 g/mol. The van der Waals surface area contributed by atoms with Gasteiger partial charge in [0.2, 0.25) is 6.29 Å². The van der Waals surface area contributed by atoms with Crippen LogP contribution in [0.25, 0.3) is 0 Å². The number of ether oxygens (including phenoxy) is 3. The summed E-state index contributed by atoms with van der Waals surface area (Å²) in [5.41, 5.74) is 6.52. The summed E-state index contributed by atoms with van der Waals surface area (Å²) in [6.07, 6.45) is 2.40. The zero-order valence-corrected chi connectivity index (χ0v) is 10.8. The van der Waals surface area contributed by atoms with Crippen LogP contribution in [0.1, 0.15) is 24.8 Å². The predicted molar refractivity (Wildman–Crippen MR) is 69.5 cm³/mol. The molecule has 1 heterocycles. The second-order valence-electron chi connectivity index (χ2n) is 4.42. The largest absolute Gasteiger partial charge is 0.482 e. The average molecular weight is 265 g/mol. The molecule has 0 bridgehead atoms. The number of rotatable bonds is 5. The van der Waals surface area contributed by atoms with Gasteiger partial charge in [0.15, 0.2) is 6.61 Å². The molecule has 1 aromatic carbocycles. The van der Waals surface area contributed by atoms with Crippen LogP contribution in [-0.4, -0.2) is 25.5 Å². The van der Waals surface area contributed by atoms with Crippen LogP contribution < -0.4 is 10.5 Å². The van der Waals surface area contributed by atoms with E-state index < -0.39 is 12.3 Å². The Labute approximate surface area is 112 Å². The van der Waals surface area contributed by atoms with Crippen molar-refractivity contribution in [1.29, 1.82) is 0 Å². The number of hydrogen-bond acceptors (Lipinski definition) is 5. The molecule has 0 spiro atoms. The molecule has 1 aliphatic rings. The van der Waals surface area contributed by atoms with Gasteiger partial charge in [0.1, 0.15) is 5.75 Å². The van der Waals surface area contributed by atoms with Gasteiger partial charge in [-0.3, -0.25) is 0 Å². The van der Waals surface area contributed by atoms with Gasteiger partial charge < -0.3 is 19.9 Å². The highest BCUT2D eigenvalue weighted by Crippen LogP contribution is 2.15. The van der Waals surface area contributed by atoms with E-state index in [2.05, 4.69) is 0 Å². The molecule has 0 radical (unpaired) electrons. The van der Waals surface area contributed by atoms with Gasteiger partial charge in [-0.15, -0.1) is 0 Å². The minimum atomic E-state index is -0.413. The van der Waals surface area contributed by atoms with Crippen LogP contribution in [0.3, 0.4) is 0 Å². The van der Waals surface area contributed by atoms with Crippen molar-refractivity contribution in [1.82, 2.24) is 0 Å². The number of nitrogens with two attached hydrogens (primary N) is 1. The lowest BCUT2D eigenvalue weighted by molar-refractivity contribution is -0.188. The van der Waals surface area contributed by atoms with Gasteiger partial charge in [-0.25, -0.2) is 4.79 Å². The van der Waals surface area contributed by atoms with Crippen molar-refractivity contribution in [2.24, 2.45) is 5.73 Å². The molecule has 1 fully saturated rings. The Bertz CT molecular complexity index is 398. The van der Waals surface area contributed by atoms with Crippen LogP contribution >= 0.6 is 0 Å². The second-order valence-corrected chi connectivity index (χ2v) is 4.42. The lowest BCUT2D eigenvalue weighted by Crippen LogP contribution is -2.27. The first kappa shape index (κ1) is 13.8. The Balaban J connectivity index is 1.72. The SMILES string of the molecule is NCc1ccc(OCC(=O)OC2CCCCO2)cc1. The van der Waals surface area contributed by atoms with E-state index in [-0.39, 0.29) is 6.61 Å². The third kappa shape index (κ3) is 4.54. The third-order valence-corrected chi connectivity index (χ3v) is 2.92. The lowest BCUT2D eigenvalue weighted by Gasteiger charge is -2.22. The molecule has 104 valence electrons. The lowest BCUT2D eigenvalue weighted by atomic mass is 10.2. The maximum atomic E-state index is 11.6. The number of carbonyl (C=O) groups is 1. The van der Waals surface area contributed by atoms with Gasteiger partial charge in [-0.2, -0.15) is 0 Å². The Hall–Kier alpha value is -1.59. The Kier molecular flexibility index (Phi) is 5.18. The molecule has 19 heavy (non-hydrogen) atoms. The van der Waals surface area contributed by atoms with E-state index in [1.807, 2.05) is 12.1 Å². The third-order valence-electron chi connectivity index (χ3n) is 2.92. The maximum absolute atomic E-state index is 11.6. The van der Waals surface area contributed by atoms with Crippen LogP contribution in [0.15, 0.2) is 24.3 Å². The fourth-order valence-electron chi connectivity index (χ4n) is 1.85. The Morgan fingerprint density at radius 2 is 2.11 bits per heavy atom. The number of hydrogen-bond donors (Lipinski definition) is 1. The average Bonchev–Trinajstić information content (AvgIpc) is 2.47. The molecule has 2 N–H and O–H groups in total. The van der Waals surface area contributed by atoms with E-state index in [0.29, 0.717) is 18.9 Å². The standard InChI is InChI=1S/C14H19NO4/c15-9-11-4-6-12(7-5-11)18-10-13(16)19-14-3-1-2-8-17-14/h4-7,14H,1-3,8-10,15H2. The van der Waals surface area contributed by atoms with Crippen molar-refractivity contribution in [2.45, 2.75) is 32.1 Å². The molecule has 1 aliphatic heterocycles. The summed E-state index contributed by atoms with van der Waals surface area (Å²) < 4.78 is 15.8. The summed E-state index contributed by atoms with van der Waals surface area (Å²) in [7, 11) is 0. The van der Waals surface area contributed by atoms with Crippen molar-refractivity contribution in [3.63, 3.8) is 0 Å². The number of esters is 1. The smallest absolute Gasteiger partial charge is 0.346 e. The fraction of sp³-hybridized carbons (Fsp3) is 0.500. The highest BCUT2D eigenvalue weighted by molar-refractivity contribution is 5.71. The molecule has 5 heteroatoms. The molecule has 0 saturated carbocycles. The van der Waals surface area contributed by atoms with Crippen molar-refractivity contribution < 1.29 is 19.0 Å². The second kappa shape index (κ2) is 7.11. The number of carbonyl (C=O) groups excluding carboxylic acids is 1. The summed E-state index contributed by atoms with van der Waals surface area (Å²) in [5, 5.41) is 0. The summed E-state index contributed by atoms with van der Waals surface area (Å²) in [4.78, 5) is 11.6. The molecule has 5 nitrogen and oxygen atoms in total. The minimum Gasteiger partial charge on any atom is -0.482 e. The van der Waals surface area contributed by atoms with Gasteiger partial charge in [0.05, 0.1) is 6.61 Å². The van der Waals surface area contributed by atoms with E-state index in [1.165, 1.54) is 0 Å². The summed E-state index contributed by atoms with van der Waals surface area (Å²) in [6, 6.07) is 7.30. The predicted octanol–water partition coefficient (Wildman–Crippen LogP) is 1.59. The highest BCUT2D eigenvalue weighted by Gasteiger charge is 2.18. The molecule has 1 unspecified atom stereocenters. The van der Waals surface area contributed by atoms with Crippen LogP contribution in [0.4, 0.5) is 0 Å². The van der Waals surface area contributed by atoms with E-state index in [4.69, 9.17) is 19.9 Å². The quantitative estimate of drug-likeness (QED) is 0.819. The fourth-order valence-corrected chi connectivity index (χ4v) is 1.85. The van der Waals surface area contributed by atoms with Crippen molar-refractivity contribution in [3.05, 3.63) is 29.8 Å². The van der Waals surface area contributed by atoms with Crippen molar-refractivity contribution in [2.75, 3.05) is 13.2 Å².